The van der Waals surface area contributed by atoms with E-state index < -0.39 is 0 Å². The highest BCUT2D eigenvalue weighted by atomic mass is 79.9. The predicted octanol–water partition coefficient (Wildman–Crippen LogP) is 0.939. The fraction of sp³-hybridized carbons (Fsp3) is 0.400. The van der Waals surface area contributed by atoms with Gasteiger partial charge in [-0.2, -0.15) is 0 Å². The van der Waals surface area contributed by atoms with Crippen molar-refractivity contribution in [3.8, 4) is 0 Å². The molecule has 0 radical (unpaired) electrons. The van der Waals surface area contributed by atoms with Crippen LogP contribution in [0.3, 0.4) is 0 Å². The first-order valence-corrected chi connectivity index (χ1v) is 3.44. The first-order chi connectivity index (χ1) is 4.24. The first kappa shape index (κ1) is 6.77. The highest BCUT2D eigenvalue weighted by molar-refractivity contribution is 9.10. The molecule has 0 aliphatic rings. The summed E-state index contributed by atoms with van der Waals surface area (Å²) in [6.45, 7) is 2.41. The van der Waals surface area contributed by atoms with Crippen molar-refractivity contribution < 1.29 is 0 Å². The molecule has 0 unspecified atom stereocenters. The Hall–Kier alpha value is -0.350. The van der Waals surface area contributed by atoms with E-state index in [0.29, 0.717) is 6.54 Å². The van der Waals surface area contributed by atoms with Gasteiger partial charge >= 0.3 is 0 Å². The maximum atomic E-state index is 5.32. The summed E-state index contributed by atoms with van der Waals surface area (Å²) in [7, 11) is 0. The van der Waals surface area contributed by atoms with Crippen LogP contribution in [0.5, 0.6) is 0 Å². The molecular formula is C5H8BrN3. The molecule has 0 amide bonds. The molecule has 4 heteroatoms. The Morgan fingerprint density at radius 3 is 2.67 bits per heavy atom. The van der Waals surface area contributed by atoms with E-state index in [2.05, 4.69) is 25.9 Å². The van der Waals surface area contributed by atoms with Gasteiger partial charge in [0, 0.05) is 5.69 Å². The van der Waals surface area contributed by atoms with Crippen LogP contribution >= 0.6 is 15.9 Å². The topological polar surface area (TPSA) is 54.7 Å². The van der Waals surface area contributed by atoms with Crippen LogP contribution in [0.1, 0.15) is 11.5 Å². The minimum atomic E-state index is 0.465. The van der Waals surface area contributed by atoms with Crippen LogP contribution in [-0.4, -0.2) is 9.97 Å². The number of aryl methyl sites for hydroxylation is 1. The maximum absolute atomic E-state index is 5.32. The molecule has 1 heterocycles. The number of hydrogen-bond donors (Lipinski definition) is 2. The standard InChI is InChI=1S/C5H8BrN3/c1-3-5(6)9-4(2-7)8-3/h2,7H2,1H3,(H,8,9). The lowest BCUT2D eigenvalue weighted by Crippen LogP contribution is -1.97. The molecule has 0 saturated heterocycles. The van der Waals surface area contributed by atoms with Gasteiger partial charge in [-0.3, -0.25) is 0 Å². The van der Waals surface area contributed by atoms with Crippen LogP contribution in [0.15, 0.2) is 4.60 Å². The molecule has 1 aromatic rings. The zero-order chi connectivity index (χ0) is 6.85. The van der Waals surface area contributed by atoms with Crippen molar-refractivity contribution in [1.29, 1.82) is 0 Å². The smallest absolute Gasteiger partial charge is 0.127 e. The molecule has 0 aliphatic carbocycles. The van der Waals surface area contributed by atoms with E-state index in [0.717, 1.165) is 16.1 Å². The van der Waals surface area contributed by atoms with Crippen LogP contribution in [-0.2, 0) is 6.54 Å². The Balaban J connectivity index is 2.98. The monoisotopic (exact) mass is 189 g/mol. The number of hydrogen-bond acceptors (Lipinski definition) is 2. The molecular weight excluding hydrogens is 182 g/mol. The van der Waals surface area contributed by atoms with Gasteiger partial charge in [-0.05, 0) is 22.9 Å². The van der Waals surface area contributed by atoms with Crippen LogP contribution < -0.4 is 5.73 Å². The van der Waals surface area contributed by atoms with Crippen molar-refractivity contribution in [3.63, 3.8) is 0 Å². The second kappa shape index (κ2) is 2.49. The van der Waals surface area contributed by atoms with Crippen molar-refractivity contribution >= 4 is 15.9 Å². The molecule has 0 spiro atoms. The molecule has 0 atom stereocenters. The van der Waals surface area contributed by atoms with Gasteiger partial charge in [-0.1, -0.05) is 0 Å². The number of nitrogens with zero attached hydrogens (tertiary/aromatic N) is 1. The quantitative estimate of drug-likeness (QED) is 0.692. The first-order valence-electron chi connectivity index (χ1n) is 2.65. The molecule has 0 saturated carbocycles. The molecule has 3 nitrogen and oxygen atoms in total. The predicted molar refractivity (Wildman–Crippen MR) is 38.9 cm³/mol. The van der Waals surface area contributed by atoms with Gasteiger partial charge in [-0.25, -0.2) is 4.98 Å². The van der Waals surface area contributed by atoms with E-state index in [1.165, 1.54) is 0 Å². The number of aromatic amines is 1. The minimum Gasteiger partial charge on any atom is -0.344 e. The van der Waals surface area contributed by atoms with E-state index in [1.54, 1.807) is 0 Å². The number of aromatic nitrogens is 2. The van der Waals surface area contributed by atoms with Crippen molar-refractivity contribution in [1.82, 2.24) is 9.97 Å². The summed E-state index contributed by atoms with van der Waals surface area (Å²) in [6, 6.07) is 0. The Kier molecular flexibility index (Phi) is 1.87. The summed E-state index contributed by atoms with van der Waals surface area (Å²) in [5, 5.41) is 0. The summed E-state index contributed by atoms with van der Waals surface area (Å²) in [5.74, 6) is 0.819. The summed E-state index contributed by atoms with van der Waals surface area (Å²) in [6.07, 6.45) is 0. The average molecular weight is 190 g/mol. The molecule has 9 heavy (non-hydrogen) atoms. The molecule has 1 rings (SSSR count). The zero-order valence-corrected chi connectivity index (χ0v) is 6.70. The minimum absolute atomic E-state index is 0.465. The Labute approximate surface area is 61.8 Å². The second-order valence-corrected chi connectivity index (χ2v) is 2.55. The van der Waals surface area contributed by atoms with E-state index in [9.17, 15) is 0 Å². The fourth-order valence-electron chi connectivity index (χ4n) is 0.595. The number of halogens is 1. The number of nitrogens with one attached hydrogen (secondary N) is 1. The third kappa shape index (κ3) is 1.31. The van der Waals surface area contributed by atoms with Gasteiger partial charge in [0.25, 0.3) is 0 Å². The zero-order valence-electron chi connectivity index (χ0n) is 5.11. The van der Waals surface area contributed by atoms with Gasteiger partial charge in [0.05, 0.1) is 6.54 Å². The van der Waals surface area contributed by atoms with Crippen LogP contribution in [0.25, 0.3) is 0 Å². The number of nitrogens with two attached hydrogens (primary N) is 1. The molecule has 3 N–H and O–H groups in total. The van der Waals surface area contributed by atoms with Crippen LogP contribution in [0, 0.1) is 6.92 Å². The molecule has 50 valence electrons. The summed E-state index contributed by atoms with van der Waals surface area (Å²) < 4.78 is 0.850. The van der Waals surface area contributed by atoms with Crippen LogP contribution in [0.4, 0.5) is 0 Å². The van der Waals surface area contributed by atoms with Crippen molar-refractivity contribution in [2.75, 3.05) is 0 Å². The number of rotatable bonds is 1. The van der Waals surface area contributed by atoms with Gasteiger partial charge in [-0.15, -0.1) is 0 Å². The Morgan fingerprint density at radius 1 is 1.78 bits per heavy atom. The van der Waals surface area contributed by atoms with Crippen LogP contribution in [0.2, 0.25) is 0 Å². The van der Waals surface area contributed by atoms with Crippen molar-refractivity contribution in [3.05, 3.63) is 16.1 Å². The summed E-state index contributed by atoms with van der Waals surface area (Å²) >= 11 is 3.26. The van der Waals surface area contributed by atoms with E-state index in [4.69, 9.17) is 5.73 Å². The third-order valence-electron chi connectivity index (χ3n) is 1.07. The Bertz CT molecular complexity index is 186. The van der Waals surface area contributed by atoms with Gasteiger partial charge < -0.3 is 10.7 Å². The van der Waals surface area contributed by atoms with E-state index >= 15 is 0 Å². The second-order valence-electron chi connectivity index (χ2n) is 1.80. The largest absolute Gasteiger partial charge is 0.344 e. The van der Waals surface area contributed by atoms with E-state index in [-0.39, 0.29) is 0 Å². The summed E-state index contributed by atoms with van der Waals surface area (Å²) in [4.78, 5) is 7.08. The van der Waals surface area contributed by atoms with Crippen molar-refractivity contribution in [2.45, 2.75) is 13.5 Å². The number of imidazole rings is 1. The maximum Gasteiger partial charge on any atom is 0.127 e. The Morgan fingerprint density at radius 2 is 2.44 bits per heavy atom. The third-order valence-corrected chi connectivity index (χ3v) is 1.84. The highest BCUT2D eigenvalue weighted by Gasteiger charge is 1.99. The highest BCUT2D eigenvalue weighted by Crippen LogP contribution is 2.10. The SMILES string of the molecule is Cc1[nH]c(CN)nc1Br. The average Bonchev–Trinajstić information content (AvgIpc) is 2.13. The normalized spacial score (nSPS) is 10.1. The lowest BCUT2D eigenvalue weighted by atomic mass is 10.6. The molecule has 0 aliphatic heterocycles. The van der Waals surface area contributed by atoms with Gasteiger partial charge in [0.2, 0.25) is 0 Å². The summed E-state index contributed by atoms with van der Waals surface area (Å²) in [5.41, 5.74) is 6.34. The number of H-pyrrole nitrogens is 1. The van der Waals surface area contributed by atoms with Gasteiger partial charge in [0.1, 0.15) is 10.4 Å². The fourth-order valence-corrected chi connectivity index (χ4v) is 0.908. The lowest BCUT2D eigenvalue weighted by Gasteiger charge is -1.82. The van der Waals surface area contributed by atoms with E-state index in [1.807, 2.05) is 6.92 Å². The lowest BCUT2D eigenvalue weighted by molar-refractivity contribution is 0.942. The molecule has 0 fully saturated rings. The molecule has 0 aromatic carbocycles. The molecule has 1 aromatic heterocycles. The van der Waals surface area contributed by atoms with Gasteiger partial charge in [0.15, 0.2) is 0 Å². The van der Waals surface area contributed by atoms with Crippen molar-refractivity contribution in [2.24, 2.45) is 5.73 Å². The molecule has 0 bridgehead atoms.